The minimum atomic E-state index is -0.800. The van der Waals surface area contributed by atoms with Crippen LogP contribution < -0.4 is 10.1 Å². The summed E-state index contributed by atoms with van der Waals surface area (Å²) in [6.07, 6.45) is 2.84. The summed E-state index contributed by atoms with van der Waals surface area (Å²) in [5.41, 5.74) is 1.03. The molecule has 1 fully saturated rings. The van der Waals surface area contributed by atoms with E-state index >= 15 is 0 Å². The molecule has 0 bridgehead atoms. The van der Waals surface area contributed by atoms with Crippen molar-refractivity contribution >= 4 is 28.3 Å². The minimum absolute atomic E-state index is 0.184. The molecular formula is C23H23N3O4. The van der Waals surface area contributed by atoms with Gasteiger partial charge in [-0.25, -0.2) is 0 Å². The van der Waals surface area contributed by atoms with Crippen LogP contribution in [0, 0.1) is 0 Å². The molecule has 1 aliphatic heterocycles. The van der Waals surface area contributed by atoms with Crippen LogP contribution in [0.4, 0.5) is 5.69 Å². The molecule has 0 unspecified atom stereocenters. The number of pyridine rings is 1. The molecular weight excluding hydrogens is 382 g/mol. The van der Waals surface area contributed by atoms with Crippen LogP contribution in [0.15, 0.2) is 60.9 Å². The Hall–Kier alpha value is -3.45. The highest BCUT2D eigenvalue weighted by Crippen LogP contribution is 2.24. The Labute approximate surface area is 174 Å². The maximum atomic E-state index is 12.8. The highest BCUT2D eigenvalue weighted by molar-refractivity contribution is 5.97. The van der Waals surface area contributed by atoms with Gasteiger partial charge in [-0.15, -0.1) is 0 Å². The lowest BCUT2D eigenvalue weighted by Crippen LogP contribution is -2.51. The number of nitrogens with one attached hydrogen (secondary N) is 1. The van der Waals surface area contributed by atoms with Gasteiger partial charge in [0.1, 0.15) is 18.0 Å². The fraction of sp³-hybridized carbons (Fsp3) is 0.261. The van der Waals surface area contributed by atoms with Gasteiger partial charge in [-0.3, -0.25) is 14.6 Å². The van der Waals surface area contributed by atoms with Crippen molar-refractivity contribution in [3.8, 4) is 5.75 Å². The molecule has 7 heteroatoms. The second-order valence-electron chi connectivity index (χ2n) is 7.41. The smallest absolute Gasteiger partial charge is 0.254 e. The van der Waals surface area contributed by atoms with Crippen LogP contribution in [-0.4, -0.2) is 52.1 Å². The van der Waals surface area contributed by atoms with E-state index in [9.17, 15) is 14.7 Å². The minimum Gasteiger partial charge on any atom is -0.488 e. The number of amides is 2. The number of hydrogen-bond acceptors (Lipinski definition) is 5. The highest BCUT2D eigenvalue weighted by Gasteiger charge is 2.32. The standard InChI is InChI=1S/C23H23N3O4/c1-15(27)25-19-4-2-3-17(11-19)23(29)26-10-8-22(21(28)14-26)30-20-6-5-16-7-9-24-13-18(16)12-20/h2-7,9,11-13,21-22,28H,8,10,14H2,1H3,(H,25,27)/t21-,22-/m1/s1. The van der Waals surface area contributed by atoms with Crippen LogP contribution >= 0.6 is 0 Å². The zero-order valence-electron chi connectivity index (χ0n) is 16.6. The van der Waals surface area contributed by atoms with Gasteiger partial charge in [0.05, 0.1) is 6.54 Å². The van der Waals surface area contributed by atoms with Crippen LogP contribution in [0.25, 0.3) is 10.8 Å². The van der Waals surface area contributed by atoms with E-state index in [2.05, 4.69) is 10.3 Å². The van der Waals surface area contributed by atoms with Crippen LogP contribution in [0.2, 0.25) is 0 Å². The number of rotatable bonds is 4. The van der Waals surface area contributed by atoms with Crippen LogP contribution in [-0.2, 0) is 4.79 Å². The average molecular weight is 405 g/mol. The topological polar surface area (TPSA) is 91.8 Å². The third kappa shape index (κ3) is 4.41. The van der Waals surface area contributed by atoms with Crippen molar-refractivity contribution in [3.63, 3.8) is 0 Å². The van der Waals surface area contributed by atoms with E-state index in [4.69, 9.17) is 4.74 Å². The summed E-state index contributed by atoms with van der Waals surface area (Å²) in [5, 5.41) is 15.3. The van der Waals surface area contributed by atoms with Gasteiger partial charge in [0.2, 0.25) is 5.91 Å². The lowest BCUT2D eigenvalue weighted by Gasteiger charge is -2.36. The van der Waals surface area contributed by atoms with Crippen LogP contribution in [0.1, 0.15) is 23.7 Å². The molecule has 2 N–H and O–H groups in total. The average Bonchev–Trinajstić information content (AvgIpc) is 2.74. The SMILES string of the molecule is CC(=O)Nc1cccc(C(=O)N2CC[C@@H](Oc3ccc4ccncc4c3)[C@H](O)C2)c1. The van der Waals surface area contributed by atoms with Gasteiger partial charge >= 0.3 is 0 Å². The van der Waals surface area contributed by atoms with Crippen LogP contribution in [0.3, 0.4) is 0 Å². The number of aliphatic hydroxyl groups excluding tert-OH is 1. The summed E-state index contributed by atoms with van der Waals surface area (Å²) < 4.78 is 6.01. The number of carbonyl (C=O) groups is 2. The molecule has 2 amide bonds. The maximum Gasteiger partial charge on any atom is 0.254 e. The number of aliphatic hydroxyl groups is 1. The Kier molecular flexibility index (Phi) is 5.63. The second kappa shape index (κ2) is 8.51. The zero-order chi connectivity index (χ0) is 21.1. The third-order valence-electron chi connectivity index (χ3n) is 5.14. The quantitative estimate of drug-likeness (QED) is 0.696. The number of benzene rings is 2. The summed E-state index contributed by atoms with van der Waals surface area (Å²) in [7, 11) is 0. The Morgan fingerprint density at radius 1 is 1.17 bits per heavy atom. The number of aromatic nitrogens is 1. The Balaban J connectivity index is 1.41. The molecule has 2 atom stereocenters. The molecule has 0 aliphatic carbocycles. The highest BCUT2D eigenvalue weighted by atomic mass is 16.5. The van der Waals surface area contributed by atoms with Gasteiger partial charge in [0.25, 0.3) is 5.91 Å². The van der Waals surface area contributed by atoms with Crippen molar-refractivity contribution in [2.24, 2.45) is 0 Å². The molecule has 1 aromatic heterocycles. The Bertz CT molecular complexity index is 1080. The number of nitrogens with zero attached hydrogens (tertiary/aromatic N) is 2. The number of β-amino-alcohol motifs (C(OH)–C–C–N with tert-alkyl or cyclic N) is 1. The van der Waals surface area contributed by atoms with Gasteiger partial charge < -0.3 is 20.1 Å². The molecule has 1 aliphatic rings. The molecule has 154 valence electrons. The van der Waals surface area contributed by atoms with Crippen LogP contribution in [0.5, 0.6) is 5.75 Å². The summed E-state index contributed by atoms with van der Waals surface area (Å²) in [6.45, 7) is 2.07. The molecule has 7 nitrogen and oxygen atoms in total. The number of ether oxygens (including phenoxy) is 1. The van der Waals surface area contributed by atoms with E-state index in [-0.39, 0.29) is 18.4 Å². The number of fused-ring (bicyclic) bond motifs is 1. The first kappa shape index (κ1) is 19.8. The van der Waals surface area contributed by atoms with E-state index in [0.29, 0.717) is 30.0 Å². The largest absolute Gasteiger partial charge is 0.488 e. The number of piperidine rings is 1. The molecule has 30 heavy (non-hydrogen) atoms. The van der Waals surface area contributed by atoms with E-state index in [1.54, 1.807) is 41.6 Å². The van der Waals surface area contributed by atoms with Crippen molar-refractivity contribution in [3.05, 3.63) is 66.5 Å². The lowest BCUT2D eigenvalue weighted by molar-refractivity contribution is -0.114. The van der Waals surface area contributed by atoms with Crippen molar-refractivity contribution in [2.75, 3.05) is 18.4 Å². The lowest BCUT2D eigenvalue weighted by atomic mass is 10.0. The molecule has 2 aromatic carbocycles. The van der Waals surface area contributed by atoms with Gasteiger partial charge in [0.15, 0.2) is 0 Å². The molecule has 0 saturated carbocycles. The molecule has 4 rings (SSSR count). The predicted octanol–water partition coefficient (Wildman–Crippen LogP) is 2.85. The van der Waals surface area contributed by atoms with Gasteiger partial charge in [0, 0.05) is 48.9 Å². The molecule has 1 saturated heterocycles. The third-order valence-corrected chi connectivity index (χ3v) is 5.14. The monoisotopic (exact) mass is 405 g/mol. The molecule has 0 radical (unpaired) electrons. The maximum absolute atomic E-state index is 12.8. The summed E-state index contributed by atoms with van der Waals surface area (Å²) in [5.74, 6) is 0.288. The van der Waals surface area contributed by atoms with Crippen molar-refractivity contribution < 1.29 is 19.4 Å². The van der Waals surface area contributed by atoms with Gasteiger partial charge in [-0.1, -0.05) is 12.1 Å². The summed E-state index contributed by atoms with van der Waals surface area (Å²) in [6, 6.07) is 14.5. The summed E-state index contributed by atoms with van der Waals surface area (Å²) >= 11 is 0. The molecule has 2 heterocycles. The van der Waals surface area contributed by atoms with Gasteiger partial charge in [-0.05, 0) is 41.8 Å². The van der Waals surface area contributed by atoms with Crippen molar-refractivity contribution in [1.29, 1.82) is 0 Å². The molecule has 3 aromatic rings. The van der Waals surface area contributed by atoms with Crippen molar-refractivity contribution in [1.82, 2.24) is 9.88 Å². The number of hydrogen-bond donors (Lipinski definition) is 2. The Morgan fingerprint density at radius 3 is 2.83 bits per heavy atom. The fourth-order valence-electron chi connectivity index (χ4n) is 3.66. The first-order valence-electron chi connectivity index (χ1n) is 9.85. The van der Waals surface area contributed by atoms with Gasteiger partial charge in [-0.2, -0.15) is 0 Å². The number of anilines is 1. The number of carbonyl (C=O) groups excluding carboxylic acids is 2. The van der Waals surface area contributed by atoms with E-state index < -0.39 is 12.2 Å². The fourth-order valence-corrected chi connectivity index (χ4v) is 3.66. The Morgan fingerprint density at radius 2 is 2.03 bits per heavy atom. The van der Waals surface area contributed by atoms with E-state index in [1.807, 2.05) is 24.3 Å². The van der Waals surface area contributed by atoms with E-state index in [1.165, 1.54) is 6.92 Å². The molecule has 0 spiro atoms. The normalized spacial score (nSPS) is 18.8. The van der Waals surface area contributed by atoms with Crippen molar-refractivity contribution in [2.45, 2.75) is 25.6 Å². The predicted molar refractivity (Wildman–Crippen MR) is 113 cm³/mol. The second-order valence-corrected chi connectivity index (χ2v) is 7.41. The number of likely N-dealkylation sites (tertiary alicyclic amines) is 1. The van der Waals surface area contributed by atoms with E-state index in [0.717, 1.165) is 10.8 Å². The zero-order valence-corrected chi connectivity index (χ0v) is 16.6. The first-order valence-corrected chi connectivity index (χ1v) is 9.85. The summed E-state index contributed by atoms with van der Waals surface area (Å²) in [4.78, 5) is 29.8. The first-order chi connectivity index (χ1) is 14.5.